The minimum atomic E-state index is -4.30. The Morgan fingerprint density at radius 3 is 2.45 bits per heavy atom. The van der Waals surface area contributed by atoms with Gasteiger partial charge >= 0.3 is 6.18 Å². The number of nitrogens with one attached hydrogen (secondary N) is 2. The van der Waals surface area contributed by atoms with Gasteiger partial charge in [-0.25, -0.2) is 0 Å². The van der Waals surface area contributed by atoms with Crippen LogP contribution in [0.1, 0.15) is 18.9 Å². The maximum atomic E-state index is 11.9. The Morgan fingerprint density at radius 1 is 1.25 bits per heavy atom. The minimum Gasteiger partial charge on any atom is -0.352 e. The third-order valence-corrected chi connectivity index (χ3v) is 2.79. The number of carbonyl (C=O) groups is 1. The molecule has 112 valence electrons. The van der Waals surface area contributed by atoms with E-state index < -0.39 is 18.6 Å². The molecule has 0 aliphatic heterocycles. The van der Waals surface area contributed by atoms with Crippen LogP contribution in [0.4, 0.5) is 13.2 Å². The number of benzene rings is 1. The van der Waals surface area contributed by atoms with Crippen molar-refractivity contribution in [1.82, 2.24) is 10.6 Å². The monoisotopic (exact) mass is 288 g/mol. The molecule has 1 unspecified atom stereocenters. The average molecular weight is 288 g/mol. The van der Waals surface area contributed by atoms with E-state index in [0.29, 0.717) is 6.42 Å². The van der Waals surface area contributed by atoms with Gasteiger partial charge < -0.3 is 10.6 Å². The lowest BCUT2D eigenvalue weighted by Crippen LogP contribution is -2.43. The van der Waals surface area contributed by atoms with Gasteiger partial charge in [-0.1, -0.05) is 37.3 Å². The summed E-state index contributed by atoms with van der Waals surface area (Å²) >= 11 is 0. The number of amides is 1. The van der Waals surface area contributed by atoms with Crippen LogP contribution < -0.4 is 10.6 Å². The van der Waals surface area contributed by atoms with Crippen LogP contribution in [0.2, 0.25) is 0 Å². The zero-order valence-electron chi connectivity index (χ0n) is 11.3. The van der Waals surface area contributed by atoms with E-state index >= 15 is 0 Å². The first-order valence-electron chi connectivity index (χ1n) is 6.51. The van der Waals surface area contributed by atoms with Gasteiger partial charge in [-0.3, -0.25) is 4.79 Å². The van der Waals surface area contributed by atoms with Crippen molar-refractivity contribution in [2.24, 2.45) is 0 Å². The summed E-state index contributed by atoms with van der Waals surface area (Å²) in [5, 5.41) is 4.81. The third kappa shape index (κ3) is 7.13. The van der Waals surface area contributed by atoms with Gasteiger partial charge in [0.1, 0.15) is 0 Å². The first kappa shape index (κ1) is 16.5. The molecule has 0 aliphatic carbocycles. The smallest absolute Gasteiger partial charge is 0.352 e. The van der Waals surface area contributed by atoms with Crippen LogP contribution in [0, 0.1) is 0 Å². The molecule has 0 aromatic heterocycles. The molecule has 3 nitrogen and oxygen atoms in total. The normalized spacial score (nSPS) is 13.0. The van der Waals surface area contributed by atoms with Gasteiger partial charge in [0.15, 0.2) is 0 Å². The van der Waals surface area contributed by atoms with Gasteiger partial charge in [-0.2, -0.15) is 13.2 Å². The molecule has 0 fully saturated rings. The molecule has 1 rings (SSSR count). The Labute approximate surface area is 116 Å². The molecule has 2 N–H and O–H groups in total. The molecular weight excluding hydrogens is 269 g/mol. The lowest BCUT2D eigenvalue weighted by molar-refractivity contribution is -0.128. The van der Waals surface area contributed by atoms with E-state index in [4.69, 9.17) is 0 Å². The molecule has 0 spiro atoms. The second kappa shape index (κ2) is 7.89. The van der Waals surface area contributed by atoms with Crippen molar-refractivity contribution in [2.45, 2.75) is 32.0 Å². The van der Waals surface area contributed by atoms with Crippen molar-refractivity contribution in [2.75, 3.05) is 13.1 Å². The summed E-state index contributed by atoms with van der Waals surface area (Å²) in [6.07, 6.45) is -2.91. The topological polar surface area (TPSA) is 41.1 Å². The van der Waals surface area contributed by atoms with Crippen molar-refractivity contribution in [3.63, 3.8) is 0 Å². The van der Waals surface area contributed by atoms with Crippen LogP contribution in [0.5, 0.6) is 0 Å². The van der Waals surface area contributed by atoms with Crippen molar-refractivity contribution >= 4 is 5.91 Å². The molecule has 0 bridgehead atoms. The largest absolute Gasteiger partial charge is 0.401 e. The molecule has 20 heavy (non-hydrogen) atoms. The van der Waals surface area contributed by atoms with Crippen LogP contribution >= 0.6 is 0 Å². The molecule has 0 saturated heterocycles. The number of alkyl halides is 3. The lowest BCUT2D eigenvalue weighted by atomic mass is 10.0. The number of halogens is 3. The van der Waals surface area contributed by atoms with Crippen LogP contribution in [0.15, 0.2) is 30.3 Å². The number of hydrogen-bond donors (Lipinski definition) is 2. The SMILES string of the molecule is CCC(Cc1ccccc1)NC(=O)CNCC(F)(F)F. The molecule has 0 heterocycles. The Hall–Kier alpha value is -1.56. The lowest BCUT2D eigenvalue weighted by Gasteiger charge is -2.17. The van der Waals surface area contributed by atoms with E-state index in [1.165, 1.54) is 0 Å². The first-order chi connectivity index (χ1) is 9.40. The molecule has 1 atom stereocenters. The van der Waals surface area contributed by atoms with Gasteiger partial charge in [-0.05, 0) is 18.4 Å². The van der Waals surface area contributed by atoms with E-state index in [1.54, 1.807) is 0 Å². The highest BCUT2D eigenvalue weighted by atomic mass is 19.4. The molecule has 1 aromatic carbocycles. The van der Waals surface area contributed by atoms with Crippen LogP contribution in [0.3, 0.4) is 0 Å². The Balaban J connectivity index is 2.34. The zero-order valence-corrected chi connectivity index (χ0v) is 11.3. The maximum absolute atomic E-state index is 11.9. The van der Waals surface area contributed by atoms with E-state index in [-0.39, 0.29) is 12.6 Å². The summed E-state index contributed by atoms with van der Waals surface area (Å²) in [7, 11) is 0. The standard InChI is InChI=1S/C14H19F3N2O/c1-2-12(8-11-6-4-3-5-7-11)19-13(20)9-18-10-14(15,16)17/h3-7,12,18H,2,8-10H2,1H3,(H,19,20). The van der Waals surface area contributed by atoms with E-state index in [2.05, 4.69) is 10.6 Å². The summed E-state index contributed by atoms with van der Waals surface area (Å²) < 4.78 is 35.8. The van der Waals surface area contributed by atoms with Crippen molar-refractivity contribution in [3.05, 3.63) is 35.9 Å². The second-order valence-electron chi connectivity index (χ2n) is 4.58. The van der Waals surface area contributed by atoms with Crippen molar-refractivity contribution < 1.29 is 18.0 Å². The van der Waals surface area contributed by atoms with E-state index in [1.807, 2.05) is 37.3 Å². The minimum absolute atomic E-state index is 0.0717. The van der Waals surface area contributed by atoms with Crippen molar-refractivity contribution in [3.8, 4) is 0 Å². The fraction of sp³-hybridized carbons (Fsp3) is 0.500. The van der Waals surface area contributed by atoms with Gasteiger partial charge in [0, 0.05) is 6.04 Å². The molecule has 1 amide bonds. The summed E-state index contributed by atoms with van der Waals surface area (Å²) in [6, 6.07) is 9.57. The Morgan fingerprint density at radius 2 is 1.90 bits per heavy atom. The Bertz CT molecular complexity index is 407. The van der Waals surface area contributed by atoms with E-state index in [9.17, 15) is 18.0 Å². The van der Waals surface area contributed by atoms with Crippen LogP contribution in [0.25, 0.3) is 0 Å². The first-order valence-corrected chi connectivity index (χ1v) is 6.51. The quantitative estimate of drug-likeness (QED) is 0.808. The molecule has 6 heteroatoms. The second-order valence-corrected chi connectivity index (χ2v) is 4.58. The predicted octanol–water partition coefficient (Wildman–Crippen LogP) is 2.28. The third-order valence-electron chi connectivity index (χ3n) is 2.79. The zero-order chi connectivity index (χ0) is 15.0. The number of hydrogen-bond acceptors (Lipinski definition) is 2. The van der Waals surface area contributed by atoms with E-state index in [0.717, 1.165) is 12.0 Å². The van der Waals surface area contributed by atoms with Crippen molar-refractivity contribution in [1.29, 1.82) is 0 Å². The highest BCUT2D eigenvalue weighted by Gasteiger charge is 2.26. The molecule has 1 aromatic rings. The maximum Gasteiger partial charge on any atom is 0.401 e. The molecular formula is C14H19F3N2O. The average Bonchev–Trinajstić information content (AvgIpc) is 2.37. The Kier molecular flexibility index (Phi) is 6.51. The highest BCUT2D eigenvalue weighted by molar-refractivity contribution is 5.78. The van der Waals surface area contributed by atoms with Crippen LogP contribution in [-0.4, -0.2) is 31.2 Å². The predicted molar refractivity (Wildman–Crippen MR) is 71.3 cm³/mol. The molecule has 0 radical (unpaired) electrons. The number of rotatable bonds is 7. The summed E-state index contributed by atoms with van der Waals surface area (Å²) in [6.45, 7) is 0.442. The summed E-state index contributed by atoms with van der Waals surface area (Å²) in [5.41, 5.74) is 1.09. The fourth-order valence-electron chi connectivity index (χ4n) is 1.79. The molecule has 0 aliphatic rings. The van der Waals surface area contributed by atoms with Gasteiger partial charge in [0.2, 0.25) is 5.91 Å². The van der Waals surface area contributed by atoms with Gasteiger partial charge in [0.25, 0.3) is 0 Å². The summed E-state index contributed by atoms with van der Waals surface area (Å²) in [5.74, 6) is -0.419. The highest BCUT2D eigenvalue weighted by Crippen LogP contribution is 2.11. The van der Waals surface area contributed by atoms with Gasteiger partial charge in [0.05, 0.1) is 13.1 Å². The van der Waals surface area contributed by atoms with Crippen LogP contribution in [-0.2, 0) is 11.2 Å². The fourth-order valence-corrected chi connectivity index (χ4v) is 1.79. The number of carbonyl (C=O) groups excluding carboxylic acids is 1. The molecule has 0 saturated carbocycles. The van der Waals surface area contributed by atoms with Gasteiger partial charge in [-0.15, -0.1) is 0 Å². The summed E-state index contributed by atoms with van der Waals surface area (Å²) in [4.78, 5) is 11.5.